The monoisotopic (exact) mass is 691 g/mol. The Balaban J connectivity index is 0.898. The third kappa shape index (κ3) is 7.56. The lowest BCUT2D eigenvalue weighted by molar-refractivity contribution is -0.134. The van der Waals surface area contributed by atoms with Crippen LogP contribution in [-0.4, -0.2) is 68.3 Å². The van der Waals surface area contributed by atoms with Gasteiger partial charge in [-0.3, -0.25) is 29.1 Å². The molecule has 2 N–H and O–H groups in total. The summed E-state index contributed by atoms with van der Waals surface area (Å²) < 4.78 is 7.70. The first kappa shape index (κ1) is 34.5. The molecule has 12 nitrogen and oxygen atoms in total. The first-order chi connectivity index (χ1) is 24.7. The lowest BCUT2D eigenvalue weighted by Gasteiger charge is -2.32. The van der Waals surface area contributed by atoms with Crippen molar-refractivity contribution in [3.05, 3.63) is 81.4 Å². The Morgan fingerprint density at radius 1 is 0.980 bits per heavy atom. The van der Waals surface area contributed by atoms with E-state index in [4.69, 9.17) is 9.72 Å². The van der Waals surface area contributed by atoms with Gasteiger partial charge in [0, 0.05) is 30.6 Å². The number of rotatable bonds is 11. The Morgan fingerprint density at radius 3 is 2.49 bits per heavy atom. The Hall–Kier alpha value is -4.97. The molecule has 51 heavy (non-hydrogen) atoms. The number of piperidine rings is 2. The molecule has 3 aliphatic rings. The Labute approximate surface area is 297 Å². The maximum absolute atomic E-state index is 13.5. The Morgan fingerprint density at radius 2 is 1.76 bits per heavy atom. The molecule has 5 heterocycles. The zero-order chi connectivity index (χ0) is 35.5. The Bertz CT molecular complexity index is 2000. The van der Waals surface area contributed by atoms with E-state index in [-0.39, 0.29) is 40.7 Å². The number of benzene rings is 1. The van der Waals surface area contributed by atoms with Crippen LogP contribution in [0, 0.1) is 6.92 Å². The van der Waals surface area contributed by atoms with E-state index in [1.54, 1.807) is 23.9 Å². The van der Waals surface area contributed by atoms with Gasteiger partial charge in [-0.2, -0.15) is 4.98 Å². The highest BCUT2D eigenvalue weighted by atomic mass is 16.5. The summed E-state index contributed by atoms with van der Waals surface area (Å²) in [5, 5.41) is 6.34. The van der Waals surface area contributed by atoms with Gasteiger partial charge in [0.2, 0.25) is 17.8 Å². The van der Waals surface area contributed by atoms with Gasteiger partial charge in [-0.15, -0.1) is 0 Å². The number of likely N-dealkylation sites (tertiary alicyclic amines) is 1. The number of hydrogen-bond donors (Lipinski definition) is 2. The predicted molar refractivity (Wildman–Crippen MR) is 194 cm³/mol. The first-order valence-corrected chi connectivity index (χ1v) is 18.2. The molecule has 1 atom stereocenters. The van der Waals surface area contributed by atoms with Gasteiger partial charge >= 0.3 is 0 Å². The average molecular weight is 692 g/mol. The van der Waals surface area contributed by atoms with E-state index < -0.39 is 0 Å². The summed E-state index contributed by atoms with van der Waals surface area (Å²) >= 11 is 0. The number of fused-ring (bicyclic) bond motifs is 1. The van der Waals surface area contributed by atoms with Gasteiger partial charge in [0.25, 0.3) is 5.56 Å². The normalized spacial score (nSPS) is 19.0. The van der Waals surface area contributed by atoms with E-state index in [1.807, 2.05) is 24.3 Å². The first-order valence-electron chi connectivity index (χ1n) is 18.2. The van der Waals surface area contributed by atoms with Crippen LogP contribution in [0.4, 0.5) is 11.8 Å². The van der Waals surface area contributed by atoms with Crippen molar-refractivity contribution >= 4 is 40.4 Å². The molecular weight excluding hydrogens is 646 g/mol. The Kier molecular flexibility index (Phi) is 10.2. The lowest BCUT2D eigenvalue weighted by atomic mass is 9.84. The average Bonchev–Trinajstić information content (AvgIpc) is 3.66. The fraction of sp³-hybridized carbons (Fsp3) is 0.462. The summed E-state index contributed by atoms with van der Waals surface area (Å²) in [7, 11) is 0. The number of anilines is 2. The number of carbonyl (C=O) groups excluding carboxylic acids is 3. The minimum Gasteiger partial charge on any atom is -0.492 e. The zero-order valence-electron chi connectivity index (χ0n) is 29.3. The molecule has 266 valence electrons. The molecule has 1 unspecified atom stereocenters. The van der Waals surface area contributed by atoms with Crippen molar-refractivity contribution in [2.45, 2.75) is 89.5 Å². The van der Waals surface area contributed by atoms with Crippen molar-refractivity contribution in [3.8, 4) is 5.75 Å². The molecule has 2 aliphatic heterocycles. The van der Waals surface area contributed by atoms with E-state index in [9.17, 15) is 19.2 Å². The predicted octanol–water partition coefficient (Wildman–Crippen LogP) is 5.72. The molecule has 12 heteroatoms. The number of Topliss-reactive ketones (excluding diaryl/α,β-unsaturated/α-hetero) is 1. The number of aromatic nitrogens is 4. The van der Waals surface area contributed by atoms with Gasteiger partial charge in [-0.25, -0.2) is 9.97 Å². The van der Waals surface area contributed by atoms with Crippen molar-refractivity contribution in [1.29, 1.82) is 0 Å². The van der Waals surface area contributed by atoms with Crippen LogP contribution in [0.25, 0.3) is 11.0 Å². The summed E-state index contributed by atoms with van der Waals surface area (Å²) in [4.78, 5) is 66.0. The van der Waals surface area contributed by atoms with Crippen molar-refractivity contribution in [2.24, 2.45) is 0 Å². The number of hydrogen-bond acceptors (Lipinski definition) is 10. The maximum Gasteiger partial charge on any atom is 0.263 e. The molecule has 3 aromatic heterocycles. The second-order valence-corrected chi connectivity index (χ2v) is 14.1. The standard InChI is InChI=1S/C39H45N7O5/c1-24-32-23-41-39(44-36(32)46(29-9-3-4-10-29)38(50)35(24)25(2)47)42-33-13-11-30(22-40-33)51-20-6-17-45-18-15-26(16-19-45)27-7-5-8-28(21-27)31-12-14-34(48)43-37(31)49/h5,7-8,11,13,21-23,26,29,31H,3-4,6,9-10,12,14-20H2,1-2H3,(H,43,48,49)(H,40,41,42,44). The largest absolute Gasteiger partial charge is 0.492 e. The zero-order valence-corrected chi connectivity index (χ0v) is 29.3. The molecule has 1 aromatic carbocycles. The molecule has 0 spiro atoms. The number of ketones is 1. The minimum absolute atomic E-state index is 0.0131. The quantitative estimate of drug-likeness (QED) is 0.114. The third-order valence-corrected chi connectivity index (χ3v) is 10.7. The smallest absolute Gasteiger partial charge is 0.263 e. The second kappa shape index (κ2) is 15.1. The van der Waals surface area contributed by atoms with Crippen LogP contribution in [0.3, 0.4) is 0 Å². The summed E-state index contributed by atoms with van der Waals surface area (Å²) in [6.07, 6.45) is 11.2. The second-order valence-electron chi connectivity index (χ2n) is 14.1. The molecule has 2 amide bonds. The number of ether oxygens (including phenoxy) is 1. The fourth-order valence-electron chi connectivity index (χ4n) is 7.97. The van der Waals surface area contributed by atoms with Crippen LogP contribution in [0.5, 0.6) is 5.75 Å². The molecule has 4 aromatic rings. The van der Waals surface area contributed by atoms with Crippen LogP contribution in [0.15, 0.2) is 53.6 Å². The number of amides is 2. The molecule has 0 radical (unpaired) electrons. The summed E-state index contributed by atoms with van der Waals surface area (Å²) in [5.41, 5.74) is 3.37. The number of carbonyl (C=O) groups is 3. The van der Waals surface area contributed by atoms with Crippen molar-refractivity contribution in [2.75, 3.05) is 31.6 Å². The number of imide groups is 1. The lowest BCUT2D eigenvalue weighted by Crippen LogP contribution is -2.39. The molecular formula is C39H45N7O5. The third-order valence-electron chi connectivity index (χ3n) is 10.7. The number of nitrogens with zero attached hydrogens (tertiary/aromatic N) is 5. The van der Waals surface area contributed by atoms with Crippen LogP contribution in [0.1, 0.15) is 110 Å². The number of aryl methyl sites for hydroxylation is 1. The van der Waals surface area contributed by atoms with E-state index in [2.05, 4.69) is 37.6 Å². The molecule has 3 fully saturated rings. The van der Waals surface area contributed by atoms with Crippen molar-refractivity contribution < 1.29 is 19.1 Å². The molecule has 2 saturated heterocycles. The van der Waals surface area contributed by atoms with Crippen LogP contribution >= 0.6 is 0 Å². The molecule has 0 bridgehead atoms. The molecule has 1 saturated carbocycles. The fourth-order valence-corrected chi connectivity index (χ4v) is 7.97. The van der Waals surface area contributed by atoms with Gasteiger partial charge in [0.1, 0.15) is 17.2 Å². The summed E-state index contributed by atoms with van der Waals surface area (Å²) in [6.45, 7) is 6.78. The van der Waals surface area contributed by atoms with Gasteiger partial charge in [-0.05, 0) is 100 Å². The topological polar surface area (TPSA) is 148 Å². The van der Waals surface area contributed by atoms with Gasteiger partial charge in [0.15, 0.2) is 5.78 Å². The molecule has 1 aliphatic carbocycles. The van der Waals surface area contributed by atoms with Gasteiger partial charge in [0.05, 0.1) is 24.3 Å². The minimum atomic E-state index is -0.275. The summed E-state index contributed by atoms with van der Waals surface area (Å²) in [5.74, 6) is 1.16. The van der Waals surface area contributed by atoms with E-state index in [1.165, 1.54) is 12.5 Å². The number of nitrogens with one attached hydrogen (secondary N) is 2. The maximum atomic E-state index is 13.5. The molecule has 7 rings (SSSR count). The highest BCUT2D eigenvalue weighted by Crippen LogP contribution is 2.33. The van der Waals surface area contributed by atoms with E-state index >= 15 is 0 Å². The number of pyridine rings is 2. The summed E-state index contributed by atoms with van der Waals surface area (Å²) in [6, 6.07) is 12.1. The van der Waals surface area contributed by atoms with Crippen molar-refractivity contribution in [3.63, 3.8) is 0 Å². The van der Waals surface area contributed by atoms with Crippen LogP contribution in [0.2, 0.25) is 0 Å². The van der Waals surface area contributed by atoms with Gasteiger partial charge in [-0.1, -0.05) is 37.1 Å². The highest BCUT2D eigenvalue weighted by Gasteiger charge is 2.29. The van der Waals surface area contributed by atoms with Crippen LogP contribution in [-0.2, 0) is 9.59 Å². The highest BCUT2D eigenvalue weighted by molar-refractivity contribution is 6.01. The van der Waals surface area contributed by atoms with Gasteiger partial charge < -0.3 is 15.0 Å². The van der Waals surface area contributed by atoms with Crippen LogP contribution < -0.4 is 20.9 Å². The SMILES string of the molecule is CC(=O)c1c(C)c2cnc(Nc3ccc(OCCCN4CCC(c5cccc(C6CCC(=O)NC6=O)c5)CC4)cn3)nc2n(C2CCCC2)c1=O. The van der Waals surface area contributed by atoms with Crippen molar-refractivity contribution in [1.82, 2.24) is 29.7 Å². The van der Waals surface area contributed by atoms with E-state index in [0.717, 1.165) is 70.1 Å². The van der Waals surface area contributed by atoms with E-state index in [0.29, 0.717) is 59.5 Å².